The molecule has 0 spiro atoms. The van der Waals surface area contributed by atoms with Gasteiger partial charge in [-0.3, -0.25) is 4.79 Å². The number of carbonyl (C=O) groups is 2. The summed E-state index contributed by atoms with van der Waals surface area (Å²) in [6.45, 7) is 1.64. The topological polar surface area (TPSA) is 65.7 Å². The number of esters is 2. The van der Waals surface area contributed by atoms with Gasteiger partial charge in [-0.25, -0.2) is 4.79 Å². The van der Waals surface area contributed by atoms with Crippen LogP contribution >= 0.6 is 27.7 Å². The van der Waals surface area contributed by atoms with Crippen LogP contribution in [0, 0.1) is 6.92 Å². The highest BCUT2D eigenvalue weighted by Gasteiger charge is 2.16. The molecule has 0 aliphatic rings. The molecule has 0 amide bonds. The molecule has 122 valence electrons. The van der Waals surface area contributed by atoms with Gasteiger partial charge in [-0.1, -0.05) is 15.9 Å². The van der Waals surface area contributed by atoms with Gasteiger partial charge < -0.3 is 13.9 Å². The van der Waals surface area contributed by atoms with Crippen LogP contribution in [0.1, 0.15) is 21.9 Å². The van der Waals surface area contributed by atoms with Gasteiger partial charge in [0, 0.05) is 9.37 Å². The molecule has 0 fully saturated rings. The number of ether oxygens (including phenoxy) is 2. The highest BCUT2D eigenvalue weighted by atomic mass is 79.9. The van der Waals surface area contributed by atoms with Crippen LogP contribution in [-0.2, 0) is 20.9 Å². The lowest BCUT2D eigenvalue weighted by molar-refractivity contribution is -0.142. The lowest BCUT2D eigenvalue weighted by Crippen LogP contribution is -2.06. The molecule has 0 bridgehead atoms. The summed E-state index contributed by atoms with van der Waals surface area (Å²) < 4.78 is 16.1. The summed E-state index contributed by atoms with van der Waals surface area (Å²) in [7, 11) is 1.30. The second-order valence-corrected chi connectivity index (χ2v) is 6.54. The first-order chi connectivity index (χ1) is 11.0. The van der Waals surface area contributed by atoms with Crippen molar-refractivity contribution in [3.63, 3.8) is 0 Å². The van der Waals surface area contributed by atoms with Crippen LogP contribution in [0.25, 0.3) is 0 Å². The van der Waals surface area contributed by atoms with E-state index in [1.807, 2.05) is 24.3 Å². The number of hydrogen-bond donors (Lipinski definition) is 0. The van der Waals surface area contributed by atoms with E-state index < -0.39 is 5.97 Å². The quantitative estimate of drug-likeness (QED) is 0.541. The fraction of sp³-hybridized carbons (Fsp3) is 0.250. The minimum absolute atomic E-state index is 0.0163. The zero-order valence-corrected chi connectivity index (χ0v) is 15.0. The van der Waals surface area contributed by atoms with Gasteiger partial charge in [-0.2, -0.15) is 0 Å². The molecule has 23 heavy (non-hydrogen) atoms. The standard InChI is InChI=1S/C16H15BrO5S/c1-10-14(16(19)20-2)7-12(22-10)8-21-15(18)9-23-13-5-3-11(17)4-6-13/h3-7H,8-9H2,1-2H3. The third kappa shape index (κ3) is 5.14. The molecule has 0 aliphatic carbocycles. The van der Waals surface area contributed by atoms with Crippen LogP contribution in [0.15, 0.2) is 44.1 Å². The van der Waals surface area contributed by atoms with Crippen molar-refractivity contribution in [1.82, 2.24) is 0 Å². The Kier molecular flexibility index (Phi) is 6.29. The second kappa shape index (κ2) is 8.21. The molecule has 0 aliphatic heterocycles. The van der Waals surface area contributed by atoms with Crippen molar-refractivity contribution in [2.75, 3.05) is 12.9 Å². The molecule has 0 saturated heterocycles. The number of methoxy groups -OCH3 is 1. The third-order valence-electron chi connectivity index (χ3n) is 2.92. The maximum Gasteiger partial charge on any atom is 0.341 e. The van der Waals surface area contributed by atoms with Gasteiger partial charge >= 0.3 is 11.9 Å². The number of furan rings is 1. The average molecular weight is 399 g/mol. The molecule has 0 N–H and O–H groups in total. The molecule has 5 nitrogen and oxygen atoms in total. The first kappa shape index (κ1) is 17.6. The Hall–Kier alpha value is -1.73. The van der Waals surface area contributed by atoms with Crippen molar-refractivity contribution < 1.29 is 23.5 Å². The number of aryl methyl sites for hydroxylation is 1. The summed E-state index contributed by atoms with van der Waals surface area (Å²) in [6.07, 6.45) is 0. The molecule has 1 heterocycles. The average Bonchev–Trinajstić information content (AvgIpc) is 2.92. The summed E-state index contributed by atoms with van der Waals surface area (Å²) in [4.78, 5) is 24.2. The molecule has 0 radical (unpaired) electrons. The fourth-order valence-electron chi connectivity index (χ4n) is 1.79. The van der Waals surface area contributed by atoms with E-state index in [1.165, 1.54) is 24.9 Å². The summed E-state index contributed by atoms with van der Waals surface area (Å²) in [6, 6.07) is 9.18. The van der Waals surface area contributed by atoms with E-state index in [9.17, 15) is 9.59 Å². The van der Waals surface area contributed by atoms with Gasteiger partial charge in [0.05, 0.1) is 12.9 Å². The van der Waals surface area contributed by atoms with Gasteiger partial charge in [0.2, 0.25) is 0 Å². The highest BCUT2D eigenvalue weighted by molar-refractivity contribution is 9.10. The number of carbonyl (C=O) groups excluding carboxylic acids is 2. The van der Waals surface area contributed by atoms with Crippen LogP contribution in [0.5, 0.6) is 0 Å². The molecule has 1 aromatic carbocycles. The van der Waals surface area contributed by atoms with Crippen LogP contribution in [0.4, 0.5) is 0 Å². The first-order valence-electron chi connectivity index (χ1n) is 6.71. The fourth-order valence-corrected chi connectivity index (χ4v) is 2.75. The van der Waals surface area contributed by atoms with Crippen molar-refractivity contribution in [3.05, 3.63) is 51.9 Å². The van der Waals surface area contributed by atoms with Crippen LogP contribution in [0.2, 0.25) is 0 Å². The Morgan fingerprint density at radius 2 is 1.96 bits per heavy atom. The van der Waals surface area contributed by atoms with Crippen LogP contribution < -0.4 is 0 Å². The number of hydrogen-bond acceptors (Lipinski definition) is 6. The maximum atomic E-state index is 11.8. The predicted molar refractivity (Wildman–Crippen MR) is 89.4 cm³/mol. The van der Waals surface area contributed by atoms with E-state index in [0.29, 0.717) is 17.1 Å². The molecule has 0 unspecified atom stereocenters. The Bertz CT molecular complexity index is 693. The van der Waals surface area contributed by atoms with Gasteiger partial charge in [0.15, 0.2) is 0 Å². The predicted octanol–water partition coefficient (Wildman–Crippen LogP) is 3.97. The molecular weight excluding hydrogens is 384 g/mol. The molecule has 2 aromatic rings. The van der Waals surface area contributed by atoms with Crippen molar-refractivity contribution >= 4 is 39.6 Å². The zero-order chi connectivity index (χ0) is 16.8. The molecular formula is C16H15BrO5S. The van der Waals surface area contributed by atoms with E-state index in [1.54, 1.807) is 6.92 Å². The van der Waals surface area contributed by atoms with Crippen LogP contribution in [-0.4, -0.2) is 24.8 Å². The van der Waals surface area contributed by atoms with E-state index >= 15 is 0 Å². The molecule has 0 saturated carbocycles. The molecule has 2 rings (SSSR count). The van der Waals surface area contributed by atoms with Crippen molar-refractivity contribution in [2.24, 2.45) is 0 Å². The third-order valence-corrected chi connectivity index (χ3v) is 4.43. The smallest absolute Gasteiger partial charge is 0.341 e. The normalized spacial score (nSPS) is 10.4. The van der Waals surface area contributed by atoms with E-state index in [4.69, 9.17) is 9.15 Å². The van der Waals surface area contributed by atoms with Gasteiger partial charge in [-0.05, 0) is 37.3 Å². The Morgan fingerprint density at radius 1 is 1.26 bits per heavy atom. The lowest BCUT2D eigenvalue weighted by atomic mass is 10.2. The Labute approximate surface area is 146 Å². The number of benzene rings is 1. The summed E-state index contributed by atoms with van der Waals surface area (Å²) in [5.41, 5.74) is 0.336. The maximum absolute atomic E-state index is 11.8. The Morgan fingerprint density at radius 3 is 2.61 bits per heavy atom. The summed E-state index contributed by atoms with van der Waals surface area (Å²) in [5.74, 6) is 0.212. The van der Waals surface area contributed by atoms with Crippen LogP contribution in [0.3, 0.4) is 0 Å². The number of thioether (sulfide) groups is 1. The van der Waals surface area contributed by atoms with Crippen molar-refractivity contribution in [3.8, 4) is 0 Å². The summed E-state index contributed by atoms with van der Waals surface area (Å²) >= 11 is 4.74. The van der Waals surface area contributed by atoms with E-state index in [0.717, 1.165) is 9.37 Å². The monoisotopic (exact) mass is 398 g/mol. The van der Waals surface area contributed by atoms with E-state index in [2.05, 4.69) is 20.7 Å². The van der Waals surface area contributed by atoms with Gasteiger partial charge in [-0.15, -0.1) is 11.8 Å². The lowest BCUT2D eigenvalue weighted by Gasteiger charge is -2.03. The molecule has 7 heteroatoms. The number of rotatable bonds is 6. The highest BCUT2D eigenvalue weighted by Crippen LogP contribution is 2.21. The Balaban J connectivity index is 1.82. The van der Waals surface area contributed by atoms with Gasteiger partial charge in [0.25, 0.3) is 0 Å². The molecule has 1 aromatic heterocycles. The van der Waals surface area contributed by atoms with Crippen molar-refractivity contribution in [2.45, 2.75) is 18.4 Å². The minimum atomic E-state index is -0.477. The molecule has 0 atom stereocenters. The van der Waals surface area contributed by atoms with Crippen molar-refractivity contribution in [1.29, 1.82) is 0 Å². The second-order valence-electron chi connectivity index (χ2n) is 4.58. The SMILES string of the molecule is COC(=O)c1cc(COC(=O)CSc2ccc(Br)cc2)oc1C. The minimum Gasteiger partial charge on any atom is -0.465 e. The first-order valence-corrected chi connectivity index (χ1v) is 8.49. The summed E-state index contributed by atoms with van der Waals surface area (Å²) in [5, 5.41) is 0. The zero-order valence-electron chi connectivity index (χ0n) is 12.6. The van der Waals surface area contributed by atoms with E-state index in [-0.39, 0.29) is 18.3 Å². The number of halogens is 1. The largest absolute Gasteiger partial charge is 0.465 e. The van der Waals surface area contributed by atoms with Gasteiger partial charge in [0.1, 0.15) is 23.7 Å².